The van der Waals surface area contributed by atoms with E-state index in [0.717, 1.165) is 10.8 Å². The maximum atomic E-state index is 14.3. The number of hydrogen-bond donors (Lipinski definition) is 2. The SMILES string of the molecule is CCOC(=O)[C@H]1[C@H]2C(=O)N([C@H](CO)c3ccccc3)C(C(=O)Nc3ccc4ccccc4c3)C23CC[C@]1(C)O3. The molecule has 3 aliphatic rings. The Morgan fingerprint density at radius 2 is 1.79 bits per heavy atom. The summed E-state index contributed by atoms with van der Waals surface area (Å²) in [7, 11) is 0. The lowest BCUT2D eigenvalue weighted by Crippen LogP contribution is -2.54. The van der Waals surface area contributed by atoms with Crippen LogP contribution in [0, 0.1) is 11.8 Å². The number of aliphatic hydroxyl groups excluding tert-OH is 1. The third kappa shape index (κ3) is 3.85. The van der Waals surface area contributed by atoms with Crippen LogP contribution in [0.1, 0.15) is 38.3 Å². The number of esters is 1. The normalized spacial score (nSPS) is 29.9. The first-order valence-corrected chi connectivity index (χ1v) is 13.5. The number of nitrogens with one attached hydrogen (secondary N) is 1. The van der Waals surface area contributed by atoms with Gasteiger partial charge in [-0.05, 0) is 55.2 Å². The molecule has 8 nitrogen and oxygen atoms in total. The number of likely N-dealkylation sites (tertiary alicyclic amines) is 1. The van der Waals surface area contributed by atoms with Gasteiger partial charge in [-0.25, -0.2) is 0 Å². The molecule has 3 aromatic carbocycles. The van der Waals surface area contributed by atoms with Gasteiger partial charge in [0, 0.05) is 5.69 Å². The quantitative estimate of drug-likeness (QED) is 0.452. The molecule has 3 heterocycles. The van der Waals surface area contributed by atoms with Crippen molar-refractivity contribution >= 4 is 34.2 Å². The molecule has 0 aliphatic carbocycles. The molecule has 2 bridgehead atoms. The molecule has 0 saturated carbocycles. The first kappa shape index (κ1) is 25.5. The molecule has 2 N–H and O–H groups in total. The van der Waals surface area contributed by atoms with Crippen LogP contribution in [0.5, 0.6) is 0 Å². The fourth-order valence-corrected chi connectivity index (χ4v) is 7.10. The van der Waals surface area contributed by atoms with Crippen molar-refractivity contribution in [2.75, 3.05) is 18.5 Å². The molecule has 3 saturated heterocycles. The number of benzene rings is 3. The highest BCUT2D eigenvalue weighted by molar-refractivity contribution is 6.04. The van der Waals surface area contributed by atoms with Gasteiger partial charge in [-0.3, -0.25) is 14.4 Å². The van der Waals surface area contributed by atoms with Crippen LogP contribution in [0.4, 0.5) is 5.69 Å². The van der Waals surface area contributed by atoms with Gasteiger partial charge in [0.1, 0.15) is 17.6 Å². The number of rotatable bonds is 7. The van der Waals surface area contributed by atoms with E-state index in [9.17, 15) is 19.5 Å². The van der Waals surface area contributed by atoms with Gasteiger partial charge in [0.05, 0.1) is 30.8 Å². The summed E-state index contributed by atoms with van der Waals surface area (Å²) in [6, 6.07) is 20.8. The second kappa shape index (κ2) is 9.47. The van der Waals surface area contributed by atoms with Crippen molar-refractivity contribution in [2.24, 2.45) is 11.8 Å². The van der Waals surface area contributed by atoms with E-state index in [1.165, 1.54) is 4.90 Å². The summed E-state index contributed by atoms with van der Waals surface area (Å²) >= 11 is 0. The number of carbonyl (C=O) groups is 3. The second-order valence-corrected chi connectivity index (χ2v) is 10.9. The molecule has 0 aromatic heterocycles. The molecule has 2 unspecified atom stereocenters. The summed E-state index contributed by atoms with van der Waals surface area (Å²) in [5.74, 6) is -3.01. The molecule has 6 atom stereocenters. The first-order chi connectivity index (χ1) is 18.8. The number of fused-ring (bicyclic) bond motifs is 2. The minimum Gasteiger partial charge on any atom is -0.466 e. The number of nitrogens with zero attached hydrogens (tertiary/aromatic N) is 1. The van der Waals surface area contributed by atoms with E-state index in [1.54, 1.807) is 6.92 Å². The zero-order valence-electron chi connectivity index (χ0n) is 22.0. The molecule has 3 fully saturated rings. The van der Waals surface area contributed by atoms with Crippen LogP contribution in [0.15, 0.2) is 72.8 Å². The Morgan fingerprint density at radius 3 is 2.51 bits per heavy atom. The summed E-state index contributed by atoms with van der Waals surface area (Å²) in [5, 5.41) is 15.6. The van der Waals surface area contributed by atoms with E-state index in [2.05, 4.69) is 5.32 Å². The first-order valence-electron chi connectivity index (χ1n) is 13.5. The van der Waals surface area contributed by atoms with Gasteiger partial charge in [-0.2, -0.15) is 0 Å². The molecule has 3 aromatic rings. The lowest BCUT2D eigenvalue weighted by Gasteiger charge is -2.37. The smallest absolute Gasteiger partial charge is 0.312 e. The van der Waals surface area contributed by atoms with E-state index in [1.807, 2.05) is 79.7 Å². The lowest BCUT2D eigenvalue weighted by molar-refractivity contribution is -0.160. The zero-order chi connectivity index (χ0) is 27.4. The molecule has 0 radical (unpaired) electrons. The minimum atomic E-state index is -1.22. The van der Waals surface area contributed by atoms with Crippen LogP contribution >= 0.6 is 0 Å². The predicted octanol–water partition coefficient (Wildman–Crippen LogP) is 3.84. The fraction of sp³-hybridized carbons (Fsp3) is 0.387. The maximum absolute atomic E-state index is 14.3. The molecular formula is C31H32N2O6. The van der Waals surface area contributed by atoms with Crippen LogP contribution in [0.25, 0.3) is 10.8 Å². The Balaban J connectivity index is 1.44. The Bertz CT molecular complexity index is 1440. The predicted molar refractivity (Wildman–Crippen MR) is 145 cm³/mol. The van der Waals surface area contributed by atoms with E-state index in [0.29, 0.717) is 24.1 Å². The number of anilines is 1. The van der Waals surface area contributed by atoms with Gasteiger partial charge in [0.2, 0.25) is 11.8 Å². The van der Waals surface area contributed by atoms with Crippen molar-refractivity contribution in [1.82, 2.24) is 4.90 Å². The van der Waals surface area contributed by atoms with Gasteiger partial charge < -0.3 is 24.8 Å². The molecule has 2 amide bonds. The molecule has 202 valence electrons. The van der Waals surface area contributed by atoms with Gasteiger partial charge >= 0.3 is 5.97 Å². The highest BCUT2D eigenvalue weighted by Crippen LogP contribution is 2.64. The van der Waals surface area contributed by atoms with Crippen molar-refractivity contribution in [3.8, 4) is 0 Å². The van der Waals surface area contributed by atoms with Crippen molar-refractivity contribution < 1.29 is 29.0 Å². The second-order valence-electron chi connectivity index (χ2n) is 10.9. The van der Waals surface area contributed by atoms with E-state index in [-0.39, 0.29) is 19.1 Å². The van der Waals surface area contributed by atoms with Gasteiger partial charge in [-0.15, -0.1) is 0 Å². The van der Waals surface area contributed by atoms with Crippen LogP contribution in [-0.4, -0.2) is 58.2 Å². The van der Waals surface area contributed by atoms with Crippen molar-refractivity contribution in [2.45, 2.75) is 50.0 Å². The number of carbonyl (C=O) groups excluding carboxylic acids is 3. The molecule has 39 heavy (non-hydrogen) atoms. The van der Waals surface area contributed by atoms with Crippen LogP contribution in [0.2, 0.25) is 0 Å². The Kier molecular flexibility index (Phi) is 6.19. The fourth-order valence-electron chi connectivity index (χ4n) is 7.10. The molecular weight excluding hydrogens is 496 g/mol. The molecule has 3 aliphatic heterocycles. The zero-order valence-corrected chi connectivity index (χ0v) is 22.0. The van der Waals surface area contributed by atoms with E-state index >= 15 is 0 Å². The number of amides is 2. The average molecular weight is 529 g/mol. The standard InChI is InChI=1S/C31H32N2O6/c1-3-38-29(37)25-24-28(36)33(23(18-34)20-10-5-4-6-11-20)26(31(24)16-15-30(25,2)39-31)27(35)32-22-14-13-19-9-7-8-12-21(19)17-22/h4-14,17,23-26,34H,3,15-16,18H2,1-2H3,(H,32,35)/t23-,24+,25-,26?,30+,31?/m1/s1. The molecule has 8 heteroatoms. The highest BCUT2D eigenvalue weighted by Gasteiger charge is 2.78. The monoisotopic (exact) mass is 528 g/mol. The van der Waals surface area contributed by atoms with Crippen molar-refractivity contribution in [3.63, 3.8) is 0 Å². The van der Waals surface area contributed by atoms with Crippen molar-refractivity contribution in [1.29, 1.82) is 0 Å². The summed E-state index contributed by atoms with van der Waals surface area (Å²) < 4.78 is 12.0. The molecule has 1 spiro atoms. The average Bonchev–Trinajstić information content (AvgIpc) is 3.51. The summed E-state index contributed by atoms with van der Waals surface area (Å²) in [6.07, 6.45) is 0.956. The Labute approximate surface area is 226 Å². The highest BCUT2D eigenvalue weighted by atomic mass is 16.6. The molecule has 6 rings (SSSR count). The van der Waals surface area contributed by atoms with Gasteiger partial charge in [0.25, 0.3) is 0 Å². The van der Waals surface area contributed by atoms with Crippen LogP contribution in [-0.2, 0) is 23.9 Å². The van der Waals surface area contributed by atoms with E-state index < -0.39 is 47.0 Å². The number of aliphatic hydroxyl groups is 1. The van der Waals surface area contributed by atoms with Crippen LogP contribution < -0.4 is 5.32 Å². The van der Waals surface area contributed by atoms with Crippen LogP contribution in [0.3, 0.4) is 0 Å². The topological polar surface area (TPSA) is 105 Å². The third-order valence-electron chi connectivity index (χ3n) is 8.71. The maximum Gasteiger partial charge on any atom is 0.312 e. The Hall–Kier alpha value is -3.75. The number of ether oxygens (including phenoxy) is 2. The summed E-state index contributed by atoms with van der Waals surface area (Å²) in [6.45, 7) is 3.35. The number of hydrogen-bond acceptors (Lipinski definition) is 6. The van der Waals surface area contributed by atoms with Gasteiger partial charge in [0.15, 0.2) is 0 Å². The third-order valence-corrected chi connectivity index (χ3v) is 8.71. The van der Waals surface area contributed by atoms with E-state index in [4.69, 9.17) is 9.47 Å². The summed E-state index contributed by atoms with van der Waals surface area (Å²) in [5.41, 5.74) is -0.845. The lowest BCUT2D eigenvalue weighted by atomic mass is 9.66. The largest absolute Gasteiger partial charge is 0.466 e. The van der Waals surface area contributed by atoms with Crippen molar-refractivity contribution in [3.05, 3.63) is 78.4 Å². The summed E-state index contributed by atoms with van der Waals surface area (Å²) in [4.78, 5) is 43.2. The minimum absolute atomic E-state index is 0.179. The van der Waals surface area contributed by atoms with Gasteiger partial charge in [-0.1, -0.05) is 60.7 Å². The Morgan fingerprint density at radius 1 is 1.08 bits per heavy atom.